The summed E-state index contributed by atoms with van der Waals surface area (Å²) in [6, 6.07) is 16.7. The van der Waals surface area contributed by atoms with Crippen molar-refractivity contribution in [3.63, 3.8) is 0 Å². The number of hydrogen-bond acceptors (Lipinski definition) is 0. The largest absolute Gasteiger partial charge is 0.0616 e. The Bertz CT molecular complexity index is 276. The van der Waals surface area contributed by atoms with E-state index in [1.54, 1.807) is 0 Å². The van der Waals surface area contributed by atoms with Crippen LogP contribution in [0.1, 0.15) is 0 Å². The molecule has 0 aliphatic heterocycles. The number of benzene rings is 2. The molecule has 2 aromatic rings. The van der Waals surface area contributed by atoms with Crippen LogP contribution in [0.5, 0.6) is 0 Å². The van der Waals surface area contributed by atoms with Gasteiger partial charge in [0.2, 0.25) is 0 Å². The molecule has 0 radical (unpaired) electrons. The van der Waals surface area contributed by atoms with E-state index in [2.05, 4.69) is 48.5 Å². The van der Waals surface area contributed by atoms with E-state index >= 15 is 0 Å². The Morgan fingerprint density at radius 3 is 1.09 bits per heavy atom. The van der Waals surface area contributed by atoms with Gasteiger partial charge in [-0.3, -0.25) is 0 Å². The average molecular weight is 209 g/mol. The summed E-state index contributed by atoms with van der Waals surface area (Å²) in [6.45, 7) is 0. The molecule has 0 aromatic heterocycles. The van der Waals surface area contributed by atoms with E-state index in [4.69, 9.17) is 0 Å². The van der Waals surface area contributed by atoms with Gasteiger partial charge in [-0.05, 0) is 10.8 Å². The van der Waals surface area contributed by atoms with Crippen molar-refractivity contribution in [3.8, 4) is 0 Å². The van der Waals surface area contributed by atoms with Crippen LogP contribution >= 0.6 is 0 Å². The summed E-state index contributed by atoms with van der Waals surface area (Å²) in [7, 11) is 0. The fraction of sp³-hybridized carbons (Fsp3) is 0. The van der Waals surface area contributed by atoms with Crippen LogP contribution in [0.25, 0.3) is 10.8 Å². The first-order valence-electron chi connectivity index (χ1n) is 3.40. The van der Waals surface area contributed by atoms with Crippen LogP contribution in [0.3, 0.4) is 0 Å². The van der Waals surface area contributed by atoms with Crippen molar-refractivity contribution in [2.75, 3.05) is 0 Å². The van der Waals surface area contributed by atoms with Gasteiger partial charge in [-0.15, -0.1) is 0 Å². The molecule has 0 nitrogen and oxygen atoms in total. The Kier molecular flexibility index (Phi) is 2.69. The van der Waals surface area contributed by atoms with Gasteiger partial charge in [0.05, 0.1) is 0 Å². The van der Waals surface area contributed by atoms with Gasteiger partial charge in [0.1, 0.15) is 0 Å². The maximum Gasteiger partial charge on any atom is -0.0184 e. The minimum Gasteiger partial charge on any atom is -0.0616 e. The van der Waals surface area contributed by atoms with Crippen LogP contribution < -0.4 is 0 Å². The van der Waals surface area contributed by atoms with Gasteiger partial charge >= 0.3 is 17.1 Å². The molecule has 2 rings (SSSR count). The minimum absolute atomic E-state index is 0. The molecule has 0 atom stereocenters. The number of hydrogen-bond donors (Lipinski definition) is 0. The van der Waals surface area contributed by atoms with Gasteiger partial charge in [-0.1, -0.05) is 48.5 Å². The van der Waals surface area contributed by atoms with Crippen molar-refractivity contribution in [2.24, 2.45) is 0 Å². The first kappa shape index (κ1) is 8.32. The van der Waals surface area contributed by atoms with Crippen molar-refractivity contribution in [2.45, 2.75) is 0 Å². The van der Waals surface area contributed by atoms with Crippen molar-refractivity contribution in [1.82, 2.24) is 0 Å². The fourth-order valence-electron chi connectivity index (χ4n) is 1.13. The Morgan fingerprint density at radius 1 is 0.545 bits per heavy atom. The summed E-state index contributed by atoms with van der Waals surface area (Å²) in [6.07, 6.45) is 0. The second-order valence-electron chi connectivity index (χ2n) is 2.35. The van der Waals surface area contributed by atoms with E-state index < -0.39 is 0 Å². The topological polar surface area (TPSA) is 0 Å². The number of fused-ring (bicyclic) bond motifs is 1. The normalized spacial score (nSPS) is 9.09. The Balaban J connectivity index is 0.000000605. The summed E-state index contributed by atoms with van der Waals surface area (Å²) in [5.41, 5.74) is 0. The zero-order valence-corrected chi connectivity index (χ0v) is 8.22. The van der Waals surface area contributed by atoms with E-state index in [-0.39, 0.29) is 17.1 Å². The van der Waals surface area contributed by atoms with Crippen LogP contribution in [0.2, 0.25) is 0 Å². The molecule has 0 saturated carbocycles. The molecule has 0 saturated heterocycles. The maximum absolute atomic E-state index is 2.12. The molecule has 1 heteroatoms. The van der Waals surface area contributed by atoms with Gasteiger partial charge in [-0.25, -0.2) is 0 Å². The molecule has 0 aliphatic carbocycles. The summed E-state index contributed by atoms with van der Waals surface area (Å²) in [5, 5.41) is 2.62. The van der Waals surface area contributed by atoms with Crippen LogP contribution in [0, 0.1) is 0 Å². The zero-order valence-electron chi connectivity index (χ0n) is 6.12. The van der Waals surface area contributed by atoms with E-state index in [1.165, 1.54) is 10.8 Å². The molecule has 0 spiro atoms. The molecule has 11 heavy (non-hydrogen) atoms. The third-order valence-electron chi connectivity index (χ3n) is 1.66. The van der Waals surface area contributed by atoms with Gasteiger partial charge in [0, 0.05) is 0 Å². The average Bonchev–Trinajstić information content (AvgIpc) is 2.05. The van der Waals surface area contributed by atoms with Gasteiger partial charge in [0.25, 0.3) is 0 Å². The SMILES string of the molecule is [SeH2].c1ccc2ccccc2c1. The predicted molar refractivity (Wildman–Crippen MR) is 52.5 cm³/mol. The molecular weight excluding hydrogens is 199 g/mol. The maximum atomic E-state index is 2.12. The Morgan fingerprint density at radius 2 is 0.818 bits per heavy atom. The second-order valence-corrected chi connectivity index (χ2v) is 2.35. The smallest absolute Gasteiger partial charge is 0.0184 e. The second kappa shape index (κ2) is 3.56. The van der Waals surface area contributed by atoms with E-state index in [0.717, 1.165) is 0 Å². The summed E-state index contributed by atoms with van der Waals surface area (Å²) < 4.78 is 0. The molecular formula is C10H10Se. The van der Waals surface area contributed by atoms with Gasteiger partial charge in [-0.2, -0.15) is 0 Å². The molecule has 56 valence electrons. The first-order valence-corrected chi connectivity index (χ1v) is 3.40. The molecule has 0 aliphatic rings. The van der Waals surface area contributed by atoms with Crippen molar-refractivity contribution < 1.29 is 0 Å². The third-order valence-corrected chi connectivity index (χ3v) is 1.66. The number of rotatable bonds is 0. The molecule has 2 aromatic carbocycles. The molecule has 0 N–H and O–H groups in total. The zero-order chi connectivity index (χ0) is 6.81. The van der Waals surface area contributed by atoms with Crippen molar-refractivity contribution >= 4 is 27.8 Å². The quantitative estimate of drug-likeness (QED) is 0.581. The first-order chi connectivity index (χ1) is 4.97. The van der Waals surface area contributed by atoms with Gasteiger partial charge in [0.15, 0.2) is 0 Å². The van der Waals surface area contributed by atoms with Crippen LogP contribution in [-0.4, -0.2) is 17.1 Å². The third kappa shape index (κ3) is 1.62. The Hall–Kier alpha value is -0.781. The van der Waals surface area contributed by atoms with Crippen LogP contribution in [0.15, 0.2) is 48.5 Å². The molecule has 0 bridgehead atoms. The molecule has 0 unspecified atom stereocenters. The fourth-order valence-corrected chi connectivity index (χ4v) is 1.13. The van der Waals surface area contributed by atoms with E-state index in [9.17, 15) is 0 Å². The van der Waals surface area contributed by atoms with E-state index in [1.807, 2.05) is 0 Å². The Labute approximate surface area is 76.7 Å². The summed E-state index contributed by atoms with van der Waals surface area (Å²) >= 11 is 0. The molecule has 0 fully saturated rings. The monoisotopic (exact) mass is 210 g/mol. The standard InChI is InChI=1S/C10H8.H2Se/c1-2-6-10-8-4-3-7-9(10)5-1;/h1-8H;1H2. The van der Waals surface area contributed by atoms with Crippen LogP contribution in [-0.2, 0) is 0 Å². The van der Waals surface area contributed by atoms with E-state index in [0.29, 0.717) is 0 Å². The minimum atomic E-state index is 0. The van der Waals surface area contributed by atoms with Crippen molar-refractivity contribution in [3.05, 3.63) is 48.5 Å². The molecule has 0 amide bonds. The van der Waals surface area contributed by atoms with Gasteiger partial charge < -0.3 is 0 Å². The summed E-state index contributed by atoms with van der Waals surface area (Å²) in [4.78, 5) is 0. The summed E-state index contributed by atoms with van der Waals surface area (Å²) in [5.74, 6) is 0. The van der Waals surface area contributed by atoms with Crippen molar-refractivity contribution in [1.29, 1.82) is 0 Å². The predicted octanol–water partition coefficient (Wildman–Crippen LogP) is 1.92. The van der Waals surface area contributed by atoms with Crippen LogP contribution in [0.4, 0.5) is 0 Å². The molecule has 0 heterocycles.